The number of halogens is 4. The lowest BCUT2D eigenvalue weighted by atomic mass is 10.1. The average Bonchev–Trinajstić information content (AvgIpc) is 2.78. The molecule has 2 aromatic rings. The molecule has 0 fully saturated rings. The minimum atomic E-state index is -5.17. The van der Waals surface area contributed by atoms with E-state index in [9.17, 15) is 32.9 Å². The van der Waals surface area contributed by atoms with Crippen molar-refractivity contribution in [3.8, 4) is 5.75 Å². The number of carbonyl (C=O) groups is 2. The molecule has 26 heavy (non-hydrogen) atoms. The highest BCUT2D eigenvalue weighted by Gasteiger charge is 2.43. The summed E-state index contributed by atoms with van der Waals surface area (Å²) >= 11 is 1.57. The minimum absolute atomic E-state index is 0.0638. The van der Waals surface area contributed by atoms with E-state index < -0.39 is 40.2 Å². The van der Waals surface area contributed by atoms with Crippen LogP contribution < -0.4 is 9.64 Å². The lowest BCUT2D eigenvalue weighted by molar-refractivity contribution is -0.384. The van der Waals surface area contributed by atoms with Gasteiger partial charge in [0, 0.05) is 9.64 Å². The van der Waals surface area contributed by atoms with Gasteiger partial charge >= 0.3 is 6.36 Å². The summed E-state index contributed by atoms with van der Waals surface area (Å²) in [5.74, 6) is -2.95. The molecule has 0 spiro atoms. The van der Waals surface area contributed by atoms with Crippen molar-refractivity contribution in [3.63, 3.8) is 0 Å². The number of benzene rings is 2. The molecule has 0 N–H and O–H groups in total. The van der Waals surface area contributed by atoms with Gasteiger partial charge in [-0.3, -0.25) is 19.7 Å². The van der Waals surface area contributed by atoms with E-state index in [-0.39, 0.29) is 14.7 Å². The van der Waals surface area contributed by atoms with E-state index in [1.165, 1.54) is 24.3 Å². The second-order valence-corrected chi connectivity index (χ2v) is 6.31. The third-order valence-electron chi connectivity index (χ3n) is 3.46. The molecule has 1 heterocycles. The number of nitrogens with zero attached hydrogens (tertiary/aromatic N) is 2. The summed E-state index contributed by atoms with van der Waals surface area (Å²) in [5, 5.41) is 11.4. The second kappa shape index (κ2) is 6.23. The largest absolute Gasteiger partial charge is 0.573 e. The smallest absolute Gasteiger partial charge is 0.403 e. The van der Waals surface area contributed by atoms with Gasteiger partial charge in [-0.15, -0.1) is 13.2 Å². The monoisotopic (exact) mass is 478 g/mol. The Hall–Kier alpha value is -2.70. The second-order valence-electron chi connectivity index (χ2n) is 5.07. The van der Waals surface area contributed by atoms with Crippen LogP contribution in [-0.4, -0.2) is 23.1 Å². The fourth-order valence-electron chi connectivity index (χ4n) is 2.52. The highest BCUT2D eigenvalue weighted by molar-refractivity contribution is 14.1. The summed E-state index contributed by atoms with van der Waals surface area (Å²) in [7, 11) is 0. The number of nitro benzene ring substituents is 1. The van der Waals surface area contributed by atoms with Crippen LogP contribution in [0, 0.1) is 13.7 Å². The Morgan fingerprint density at radius 3 is 2.08 bits per heavy atom. The number of fused-ring (bicyclic) bond motifs is 1. The van der Waals surface area contributed by atoms with Gasteiger partial charge in [-0.25, -0.2) is 4.90 Å². The maximum absolute atomic E-state index is 12.7. The van der Waals surface area contributed by atoms with Gasteiger partial charge in [0.2, 0.25) is 0 Å². The third-order valence-corrected chi connectivity index (χ3v) is 4.08. The summed E-state index contributed by atoms with van der Waals surface area (Å²) < 4.78 is 42.2. The third kappa shape index (κ3) is 3.09. The van der Waals surface area contributed by atoms with E-state index in [0.29, 0.717) is 4.90 Å². The Bertz CT molecular complexity index is 926. The number of imide groups is 1. The number of anilines is 1. The lowest BCUT2D eigenvalue weighted by Gasteiger charge is -2.19. The zero-order valence-electron chi connectivity index (χ0n) is 12.4. The van der Waals surface area contributed by atoms with Gasteiger partial charge < -0.3 is 4.74 Å². The Morgan fingerprint density at radius 1 is 1.08 bits per heavy atom. The highest BCUT2D eigenvalue weighted by Crippen LogP contribution is 2.44. The number of amides is 2. The molecule has 2 amide bonds. The number of carbonyl (C=O) groups excluding carboxylic acids is 2. The van der Waals surface area contributed by atoms with Crippen LogP contribution in [0.3, 0.4) is 0 Å². The number of nitro groups is 1. The molecule has 1 aliphatic rings. The molecule has 134 valence electrons. The molecular formula is C15H6F3IN2O5. The molecule has 0 bridgehead atoms. The fourth-order valence-corrected chi connectivity index (χ4v) is 3.10. The van der Waals surface area contributed by atoms with Crippen LogP contribution in [0.4, 0.5) is 24.5 Å². The first-order valence-electron chi connectivity index (χ1n) is 6.81. The van der Waals surface area contributed by atoms with E-state index in [4.69, 9.17) is 0 Å². The Balaban J connectivity index is 2.26. The summed E-state index contributed by atoms with van der Waals surface area (Å²) in [6, 6.07) is 7.34. The van der Waals surface area contributed by atoms with Crippen LogP contribution in [0.15, 0.2) is 36.4 Å². The van der Waals surface area contributed by atoms with Gasteiger partial charge in [0.05, 0.1) is 16.1 Å². The van der Waals surface area contributed by atoms with Crippen molar-refractivity contribution in [3.05, 3.63) is 61.2 Å². The maximum Gasteiger partial charge on any atom is 0.573 e. The van der Waals surface area contributed by atoms with Crippen molar-refractivity contribution in [1.29, 1.82) is 0 Å². The number of ether oxygens (including phenoxy) is 1. The van der Waals surface area contributed by atoms with Gasteiger partial charge in [0.25, 0.3) is 17.5 Å². The Labute approximate surface area is 156 Å². The zero-order valence-corrected chi connectivity index (χ0v) is 14.6. The molecule has 0 unspecified atom stereocenters. The van der Waals surface area contributed by atoms with Crippen LogP contribution in [0.1, 0.15) is 20.7 Å². The fraction of sp³-hybridized carbons (Fsp3) is 0.0667. The lowest BCUT2D eigenvalue weighted by Crippen LogP contribution is -2.31. The highest BCUT2D eigenvalue weighted by atomic mass is 127. The zero-order chi connectivity index (χ0) is 19.2. The van der Waals surface area contributed by atoms with Gasteiger partial charge in [-0.1, -0.05) is 12.1 Å². The van der Waals surface area contributed by atoms with E-state index in [2.05, 4.69) is 4.74 Å². The molecule has 1 aliphatic heterocycles. The molecule has 7 nitrogen and oxygen atoms in total. The molecule has 0 radical (unpaired) electrons. The van der Waals surface area contributed by atoms with Crippen LogP contribution >= 0.6 is 22.6 Å². The number of hydrogen-bond donors (Lipinski definition) is 0. The van der Waals surface area contributed by atoms with E-state index in [1.807, 2.05) is 0 Å². The summed E-state index contributed by atoms with van der Waals surface area (Å²) in [4.78, 5) is 35.8. The van der Waals surface area contributed by atoms with Crippen LogP contribution in [-0.2, 0) is 0 Å². The van der Waals surface area contributed by atoms with Gasteiger partial charge in [-0.05, 0) is 40.8 Å². The SMILES string of the molecule is O=C1c2ccccc2C(=O)N1c1c(OC(F)(F)F)cc(I)cc1[N+](=O)[O-]. The number of rotatable bonds is 3. The Kier molecular flexibility index (Phi) is 4.34. The van der Waals surface area contributed by atoms with Crippen molar-refractivity contribution >= 4 is 45.8 Å². The molecule has 0 aromatic heterocycles. The van der Waals surface area contributed by atoms with E-state index >= 15 is 0 Å². The minimum Gasteiger partial charge on any atom is -0.403 e. The van der Waals surface area contributed by atoms with Crippen LogP contribution in [0.5, 0.6) is 5.75 Å². The van der Waals surface area contributed by atoms with Crippen molar-refractivity contribution in [2.24, 2.45) is 0 Å². The molecule has 0 saturated heterocycles. The first-order chi connectivity index (χ1) is 12.1. The van der Waals surface area contributed by atoms with Gasteiger partial charge in [-0.2, -0.15) is 0 Å². The number of alkyl halides is 3. The predicted octanol–water partition coefficient (Wildman–Crippen LogP) is 3.90. The molecule has 3 rings (SSSR count). The summed E-state index contributed by atoms with van der Waals surface area (Å²) in [5.41, 5.74) is -1.85. The summed E-state index contributed by atoms with van der Waals surface area (Å²) in [6.45, 7) is 0. The van der Waals surface area contributed by atoms with Crippen molar-refractivity contribution in [2.75, 3.05) is 4.90 Å². The van der Waals surface area contributed by atoms with Crippen molar-refractivity contribution < 1.29 is 32.4 Å². The van der Waals surface area contributed by atoms with Crippen molar-refractivity contribution in [2.45, 2.75) is 6.36 Å². The summed E-state index contributed by atoms with van der Waals surface area (Å²) in [6.07, 6.45) is -5.17. The maximum atomic E-state index is 12.7. The Morgan fingerprint density at radius 2 is 1.62 bits per heavy atom. The van der Waals surface area contributed by atoms with Crippen LogP contribution in [0.2, 0.25) is 0 Å². The molecule has 0 saturated carbocycles. The molecule has 2 aromatic carbocycles. The first kappa shape index (κ1) is 18.1. The molecular weight excluding hydrogens is 472 g/mol. The number of hydrogen-bond acceptors (Lipinski definition) is 5. The molecule has 0 aliphatic carbocycles. The molecule has 0 atom stereocenters. The normalized spacial score (nSPS) is 13.8. The predicted molar refractivity (Wildman–Crippen MR) is 90.1 cm³/mol. The average molecular weight is 478 g/mol. The van der Waals surface area contributed by atoms with Gasteiger partial charge in [0.15, 0.2) is 11.4 Å². The van der Waals surface area contributed by atoms with E-state index in [1.54, 1.807) is 22.6 Å². The van der Waals surface area contributed by atoms with Gasteiger partial charge in [0.1, 0.15) is 0 Å². The topological polar surface area (TPSA) is 89.8 Å². The first-order valence-corrected chi connectivity index (χ1v) is 7.89. The molecule has 11 heteroatoms. The standard InChI is InChI=1S/C15H6F3IN2O5/c16-15(17,18)26-11-6-7(19)5-10(21(24)25)12(11)20-13(22)8-3-1-2-4-9(8)14(20)23/h1-6H. The van der Waals surface area contributed by atoms with Crippen LogP contribution in [0.25, 0.3) is 0 Å². The van der Waals surface area contributed by atoms with Crippen molar-refractivity contribution in [1.82, 2.24) is 0 Å². The van der Waals surface area contributed by atoms with E-state index in [0.717, 1.165) is 12.1 Å². The quantitative estimate of drug-likeness (QED) is 0.289.